The van der Waals surface area contributed by atoms with E-state index in [2.05, 4.69) is 5.32 Å². The summed E-state index contributed by atoms with van der Waals surface area (Å²) in [6.45, 7) is 9.20. The summed E-state index contributed by atoms with van der Waals surface area (Å²) in [6.07, 6.45) is 1.04. The van der Waals surface area contributed by atoms with Crippen molar-refractivity contribution in [2.45, 2.75) is 47.2 Å². The number of nitrogens with zero attached hydrogens (tertiary/aromatic N) is 2. The van der Waals surface area contributed by atoms with Gasteiger partial charge in [0.15, 0.2) is 0 Å². The molecular weight excluding hydrogens is 457 g/mol. The highest BCUT2D eigenvalue weighted by Gasteiger charge is 2.30. The number of hydrogen-bond acceptors (Lipinski definition) is 4. The smallest absolute Gasteiger partial charge is 0.244 e. The summed E-state index contributed by atoms with van der Waals surface area (Å²) in [5.41, 5.74) is 2.70. The van der Waals surface area contributed by atoms with Crippen molar-refractivity contribution >= 4 is 27.5 Å². The lowest BCUT2D eigenvalue weighted by molar-refractivity contribution is -0.139. The topological polar surface area (TPSA) is 86.8 Å². The molecule has 1 atom stereocenters. The minimum atomic E-state index is -3.79. The molecule has 186 valence electrons. The average molecular weight is 492 g/mol. The van der Waals surface area contributed by atoms with Gasteiger partial charge in [-0.25, -0.2) is 12.8 Å². The molecule has 2 aromatic rings. The first-order chi connectivity index (χ1) is 15.8. The van der Waals surface area contributed by atoms with Crippen LogP contribution in [0.2, 0.25) is 0 Å². The van der Waals surface area contributed by atoms with E-state index in [0.717, 1.165) is 16.1 Å². The Labute approximate surface area is 202 Å². The van der Waals surface area contributed by atoms with E-state index < -0.39 is 34.3 Å². The summed E-state index contributed by atoms with van der Waals surface area (Å²) in [5.74, 6) is -1.08. The van der Waals surface area contributed by atoms with E-state index in [-0.39, 0.29) is 18.4 Å². The standard InChI is InChI=1S/C25H34FN3O4S/c1-17(2)14-27-25(31)20(5)28(15-21-8-10-22(26)11-9-21)24(30)16-29(34(6,32)33)23-12-7-18(3)13-19(23)4/h7-13,17,20H,14-16H2,1-6H3,(H,27,31). The minimum Gasteiger partial charge on any atom is -0.354 e. The number of benzene rings is 2. The Morgan fingerprint density at radius 3 is 2.18 bits per heavy atom. The average Bonchev–Trinajstić information content (AvgIpc) is 2.74. The highest BCUT2D eigenvalue weighted by Crippen LogP contribution is 2.24. The van der Waals surface area contributed by atoms with E-state index >= 15 is 0 Å². The summed E-state index contributed by atoms with van der Waals surface area (Å²) >= 11 is 0. The van der Waals surface area contributed by atoms with Crippen molar-refractivity contribution in [3.05, 3.63) is 65.0 Å². The number of carbonyl (C=O) groups is 2. The predicted molar refractivity (Wildman–Crippen MR) is 132 cm³/mol. The maximum atomic E-state index is 13.5. The van der Waals surface area contributed by atoms with Crippen LogP contribution in [-0.2, 0) is 26.2 Å². The van der Waals surface area contributed by atoms with Crippen molar-refractivity contribution in [3.63, 3.8) is 0 Å². The van der Waals surface area contributed by atoms with Crippen LogP contribution < -0.4 is 9.62 Å². The van der Waals surface area contributed by atoms with Crippen molar-refractivity contribution < 1.29 is 22.4 Å². The van der Waals surface area contributed by atoms with Gasteiger partial charge in [0.25, 0.3) is 0 Å². The van der Waals surface area contributed by atoms with E-state index in [1.54, 1.807) is 26.0 Å². The Morgan fingerprint density at radius 2 is 1.65 bits per heavy atom. The largest absolute Gasteiger partial charge is 0.354 e. The molecule has 1 unspecified atom stereocenters. The predicted octanol–water partition coefficient (Wildman–Crippen LogP) is 3.40. The van der Waals surface area contributed by atoms with Crippen LogP contribution in [0, 0.1) is 25.6 Å². The van der Waals surface area contributed by atoms with Gasteiger partial charge in [-0.15, -0.1) is 0 Å². The Bertz CT molecular complexity index is 1120. The number of hydrogen-bond donors (Lipinski definition) is 1. The molecule has 7 nitrogen and oxygen atoms in total. The molecule has 9 heteroatoms. The highest BCUT2D eigenvalue weighted by molar-refractivity contribution is 7.92. The second kappa shape index (κ2) is 11.5. The third-order valence-corrected chi connectivity index (χ3v) is 6.54. The number of anilines is 1. The lowest BCUT2D eigenvalue weighted by Crippen LogP contribution is -2.51. The van der Waals surface area contributed by atoms with Crippen molar-refractivity contribution in [3.8, 4) is 0 Å². The fourth-order valence-electron chi connectivity index (χ4n) is 3.50. The van der Waals surface area contributed by atoms with Gasteiger partial charge in [0.05, 0.1) is 11.9 Å². The SMILES string of the molecule is Cc1ccc(N(CC(=O)N(Cc2ccc(F)cc2)C(C)C(=O)NCC(C)C)S(C)(=O)=O)c(C)c1. The Balaban J connectivity index is 2.39. The third kappa shape index (κ3) is 7.55. The monoisotopic (exact) mass is 491 g/mol. The van der Waals surface area contributed by atoms with Gasteiger partial charge in [-0.3, -0.25) is 13.9 Å². The number of amides is 2. The number of aryl methyl sites for hydroxylation is 2. The Kier molecular flexibility index (Phi) is 9.21. The maximum Gasteiger partial charge on any atom is 0.244 e. The number of sulfonamides is 1. The molecule has 0 saturated carbocycles. The molecule has 34 heavy (non-hydrogen) atoms. The molecule has 0 saturated heterocycles. The van der Waals surface area contributed by atoms with Gasteiger partial charge in [0.2, 0.25) is 21.8 Å². The lowest BCUT2D eigenvalue weighted by atomic mass is 10.1. The van der Waals surface area contributed by atoms with E-state index in [0.29, 0.717) is 23.4 Å². The van der Waals surface area contributed by atoms with Crippen LogP contribution in [0.1, 0.15) is 37.5 Å². The first-order valence-corrected chi connectivity index (χ1v) is 13.0. The van der Waals surface area contributed by atoms with E-state index in [1.807, 2.05) is 26.8 Å². The maximum absolute atomic E-state index is 13.5. The molecule has 2 rings (SSSR count). The van der Waals surface area contributed by atoms with Gasteiger partial charge < -0.3 is 10.2 Å². The summed E-state index contributed by atoms with van der Waals surface area (Å²) in [4.78, 5) is 27.6. The molecule has 0 aliphatic carbocycles. The number of rotatable bonds is 10. The van der Waals surface area contributed by atoms with Crippen LogP contribution in [0.4, 0.5) is 10.1 Å². The van der Waals surface area contributed by atoms with E-state index in [1.165, 1.54) is 29.2 Å². The highest BCUT2D eigenvalue weighted by atomic mass is 32.2. The summed E-state index contributed by atoms with van der Waals surface area (Å²) < 4.78 is 39.7. The van der Waals surface area contributed by atoms with Crippen LogP contribution in [0.5, 0.6) is 0 Å². The van der Waals surface area contributed by atoms with Gasteiger partial charge in [0.1, 0.15) is 18.4 Å². The lowest BCUT2D eigenvalue weighted by Gasteiger charge is -2.32. The van der Waals surface area contributed by atoms with Gasteiger partial charge in [0, 0.05) is 13.1 Å². The molecule has 0 heterocycles. The molecule has 2 amide bonds. The van der Waals surface area contributed by atoms with Crippen molar-refractivity contribution in [2.75, 3.05) is 23.7 Å². The van der Waals surface area contributed by atoms with Crippen molar-refractivity contribution in [1.29, 1.82) is 0 Å². The zero-order valence-corrected chi connectivity index (χ0v) is 21.4. The summed E-state index contributed by atoms with van der Waals surface area (Å²) in [5, 5.41) is 2.82. The van der Waals surface area contributed by atoms with E-state index in [4.69, 9.17) is 0 Å². The minimum absolute atomic E-state index is 0.0276. The third-order valence-electron chi connectivity index (χ3n) is 5.42. The number of halogens is 1. The zero-order valence-electron chi connectivity index (χ0n) is 20.6. The molecule has 0 spiro atoms. The quantitative estimate of drug-likeness (QED) is 0.552. The first-order valence-electron chi connectivity index (χ1n) is 11.2. The van der Waals surface area contributed by atoms with Gasteiger partial charge >= 0.3 is 0 Å². The number of nitrogens with one attached hydrogen (secondary N) is 1. The molecule has 0 aliphatic heterocycles. The van der Waals surface area contributed by atoms with Gasteiger partial charge in [-0.1, -0.05) is 43.7 Å². The first kappa shape index (κ1) is 27.3. The Morgan fingerprint density at radius 1 is 1.03 bits per heavy atom. The molecule has 1 N–H and O–H groups in total. The molecule has 0 aliphatic rings. The second-order valence-corrected chi connectivity index (χ2v) is 10.9. The molecule has 0 bridgehead atoms. The van der Waals surface area contributed by atoms with E-state index in [9.17, 15) is 22.4 Å². The van der Waals surface area contributed by atoms with Gasteiger partial charge in [-0.2, -0.15) is 0 Å². The molecule has 0 fully saturated rings. The van der Waals surface area contributed by atoms with Crippen LogP contribution in [0.15, 0.2) is 42.5 Å². The second-order valence-electron chi connectivity index (χ2n) is 9.02. The fourth-order valence-corrected chi connectivity index (χ4v) is 4.41. The van der Waals surface area contributed by atoms with Crippen LogP contribution in [-0.4, -0.2) is 50.5 Å². The summed E-state index contributed by atoms with van der Waals surface area (Å²) in [7, 11) is -3.79. The molecule has 0 radical (unpaired) electrons. The van der Waals surface area contributed by atoms with Crippen LogP contribution >= 0.6 is 0 Å². The molecule has 0 aromatic heterocycles. The van der Waals surface area contributed by atoms with Crippen LogP contribution in [0.25, 0.3) is 0 Å². The normalized spacial score (nSPS) is 12.4. The molecule has 2 aromatic carbocycles. The zero-order chi connectivity index (χ0) is 25.6. The summed E-state index contributed by atoms with van der Waals surface area (Å²) in [6, 6.07) is 10.1. The fraction of sp³-hybridized carbons (Fsp3) is 0.440. The van der Waals surface area contributed by atoms with Crippen molar-refractivity contribution in [1.82, 2.24) is 10.2 Å². The van der Waals surface area contributed by atoms with Crippen LogP contribution in [0.3, 0.4) is 0 Å². The number of carbonyl (C=O) groups excluding carboxylic acids is 2. The Hall–Kier alpha value is -2.94. The van der Waals surface area contributed by atoms with Crippen molar-refractivity contribution in [2.24, 2.45) is 5.92 Å². The van der Waals surface area contributed by atoms with Gasteiger partial charge in [-0.05, 0) is 56.0 Å². The molecular formula is C25H34FN3O4S.